The lowest BCUT2D eigenvalue weighted by Crippen LogP contribution is -1.96. The monoisotopic (exact) mass is 1010 g/mol. The zero-order chi connectivity index (χ0) is 50.3. The number of benzene rings is 11. The molecule has 0 spiro atoms. The van der Waals surface area contributed by atoms with Gasteiger partial charge < -0.3 is 13.7 Å². The molecule has 0 N–H and O–H groups in total. The van der Waals surface area contributed by atoms with Gasteiger partial charge in [-0.05, 0) is 130 Å². The molecule has 0 saturated carbocycles. The van der Waals surface area contributed by atoms with Crippen LogP contribution in [0.4, 0.5) is 0 Å². The van der Waals surface area contributed by atoms with Crippen molar-refractivity contribution in [3.63, 3.8) is 0 Å². The molecule has 0 aliphatic heterocycles. The van der Waals surface area contributed by atoms with E-state index in [1.54, 1.807) is 0 Å². The van der Waals surface area contributed by atoms with Crippen LogP contribution in [0.2, 0.25) is 0 Å². The molecule has 6 aromatic heterocycles. The zero-order valence-corrected chi connectivity index (χ0v) is 43.0. The first-order valence-corrected chi connectivity index (χ1v) is 27.8. The second-order valence-corrected chi connectivity index (χ2v) is 22.4. The molecule has 0 radical (unpaired) electrons. The molecule has 0 amide bonds. The Morgan fingerprint density at radius 3 is 1.29 bits per heavy atom. The van der Waals surface area contributed by atoms with Gasteiger partial charge in [0.25, 0.3) is 0 Å². The smallest absolute Gasteiger partial charge is 0.0825 e. The number of thiophene rings is 2. The zero-order valence-electron chi connectivity index (χ0n) is 41.4. The van der Waals surface area contributed by atoms with Gasteiger partial charge in [0.2, 0.25) is 0 Å². The molecule has 77 heavy (non-hydrogen) atoms. The number of hydrogen-bond donors (Lipinski definition) is 0. The number of hydrogen-bond acceptors (Lipinski definition) is 3. The molecule has 0 aliphatic carbocycles. The van der Waals surface area contributed by atoms with Crippen LogP contribution in [0.1, 0.15) is 0 Å². The standard InChI is InChI=1S/C71H42N4S2/c1-7-19-61-51(13-1)52-14-2-8-20-62(52)74(61)50-36-47(35-48(37-50)45-29-34-66-59(39-45)54-16-4-10-22-64(54)75(66)67-42-72-41-60-56-18-6-12-24-69(56)77-71(60)67)44-28-33-65-58(38-44)53-15-3-9-21-63(53)73(65)49-30-25-43(26-31-49)46-27-32-57-55-17-5-11-23-68(55)76-70(57)40-46/h1-42H. The largest absolute Gasteiger partial charge is 0.309 e. The molecule has 0 unspecified atom stereocenters. The molecule has 0 aliphatic rings. The number of rotatable bonds is 6. The second kappa shape index (κ2) is 16.5. The van der Waals surface area contributed by atoms with Crippen molar-refractivity contribution in [3.8, 4) is 50.4 Å². The number of para-hydroxylation sites is 4. The highest BCUT2D eigenvalue weighted by Gasteiger charge is 2.21. The normalized spacial score (nSPS) is 12.2. The molecular formula is C71H42N4S2. The summed E-state index contributed by atoms with van der Waals surface area (Å²) >= 11 is 3.71. The Balaban J connectivity index is 0.834. The van der Waals surface area contributed by atoms with Crippen LogP contribution in [-0.4, -0.2) is 18.7 Å². The van der Waals surface area contributed by atoms with E-state index in [0.29, 0.717) is 0 Å². The van der Waals surface area contributed by atoms with Gasteiger partial charge in [0.15, 0.2) is 0 Å². The lowest BCUT2D eigenvalue weighted by molar-refractivity contribution is 1.17. The highest BCUT2D eigenvalue weighted by atomic mass is 32.1. The summed E-state index contributed by atoms with van der Waals surface area (Å²) in [5.41, 5.74) is 17.5. The van der Waals surface area contributed by atoms with Gasteiger partial charge in [-0.1, -0.05) is 146 Å². The van der Waals surface area contributed by atoms with E-state index in [1.807, 2.05) is 35.1 Å². The summed E-state index contributed by atoms with van der Waals surface area (Å²) in [6, 6.07) is 90.0. The lowest BCUT2D eigenvalue weighted by Gasteiger charge is -2.15. The Kier molecular flexibility index (Phi) is 9.13. The molecule has 0 saturated heterocycles. The summed E-state index contributed by atoms with van der Waals surface area (Å²) in [5, 5.41) is 12.4. The van der Waals surface area contributed by atoms with Crippen molar-refractivity contribution >= 4 is 128 Å². The van der Waals surface area contributed by atoms with Crippen LogP contribution in [0.5, 0.6) is 0 Å². The Morgan fingerprint density at radius 1 is 0.247 bits per heavy atom. The third-order valence-corrected chi connectivity index (χ3v) is 18.5. The predicted molar refractivity (Wildman–Crippen MR) is 329 cm³/mol. The fourth-order valence-corrected chi connectivity index (χ4v) is 14.9. The van der Waals surface area contributed by atoms with Crippen molar-refractivity contribution in [1.82, 2.24) is 18.7 Å². The molecule has 358 valence electrons. The van der Waals surface area contributed by atoms with Crippen LogP contribution in [0.25, 0.3) is 156 Å². The fourth-order valence-electron chi connectivity index (χ4n) is 12.6. The predicted octanol–water partition coefficient (Wildman–Crippen LogP) is 20.1. The summed E-state index contributed by atoms with van der Waals surface area (Å²) in [6.45, 7) is 0. The molecule has 4 nitrogen and oxygen atoms in total. The minimum atomic E-state index is 1.10. The first-order chi connectivity index (χ1) is 38.2. The Morgan fingerprint density at radius 2 is 0.675 bits per heavy atom. The van der Waals surface area contributed by atoms with Gasteiger partial charge in [0.05, 0.1) is 49.7 Å². The lowest BCUT2D eigenvalue weighted by atomic mass is 9.96. The summed E-state index contributed by atoms with van der Waals surface area (Å²) in [4.78, 5) is 4.85. The molecule has 6 heterocycles. The SMILES string of the molecule is c1ccc2c(c1)sc1cc(-c3ccc(-n4c5ccccc5c5cc(-c6cc(-c7ccc8c(c7)c7ccccc7n8-c7cncc8c7sc7ccccc78)cc(-n7c8ccccc8c8ccccc87)c6)ccc54)cc3)ccc12. The van der Waals surface area contributed by atoms with Crippen molar-refractivity contribution < 1.29 is 0 Å². The summed E-state index contributed by atoms with van der Waals surface area (Å²) in [7, 11) is 0. The fraction of sp³-hybridized carbons (Fsp3) is 0. The van der Waals surface area contributed by atoms with Gasteiger partial charge in [0, 0.05) is 85.5 Å². The van der Waals surface area contributed by atoms with Gasteiger partial charge in [-0.15, -0.1) is 22.7 Å². The Labute approximate surface area is 449 Å². The first kappa shape index (κ1) is 42.7. The number of pyridine rings is 1. The van der Waals surface area contributed by atoms with Crippen molar-refractivity contribution in [3.05, 3.63) is 255 Å². The van der Waals surface area contributed by atoms with Gasteiger partial charge >= 0.3 is 0 Å². The summed E-state index contributed by atoms with van der Waals surface area (Å²) in [6.07, 6.45) is 4.06. The van der Waals surface area contributed by atoms with Crippen molar-refractivity contribution in [2.24, 2.45) is 0 Å². The molecule has 6 heteroatoms. The quantitative estimate of drug-likeness (QED) is 0.163. The van der Waals surface area contributed by atoms with Crippen molar-refractivity contribution in [2.75, 3.05) is 0 Å². The maximum absolute atomic E-state index is 4.85. The minimum Gasteiger partial charge on any atom is -0.309 e. The maximum Gasteiger partial charge on any atom is 0.0825 e. The molecule has 11 aromatic carbocycles. The average Bonchev–Trinajstić information content (AvgIpc) is 4.34. The van der Waals surface area contributed by atoms with Gasteiger partial charge in [-0.3, -0.25) is 4.98 Å². The van der Waals surface area contributed by atoms with E-state index in [0.717, 1.165) is 44.8 Å². The molecule has 0 atom stereocenters. The molecule has 0 fully saturated rings. The average molecular weight is 1020 g/mol. The van der Waals surface area contributed by atoms with Crippen LogP contribution in [0.3, 0.4) is 0 Å². The van der Waals surface area contributed by atoms with E-state index in [-0.39, 0.29) is 0 Å². The van der Waals surface area contributed by atoms with E-state index in [9.17, 15) is 0 Å². The third-order valence-electron chi connectivity index (χ3n) is 16.1. The van der Waals surface area contributed by atoms with Crippen LogP contribution in [0.15, 0.2) is 255 Å². The Hall–Kier alpha value is -9.59. The first-order valence-electron chi connectivity index (χ1n) is 26.2. The van der Waals surface area contributed by atoms with Gasteiger partial charge in [-0.2, -0.15) is 0 Å². The molecule has 17 rings (SSSR count). The van der Waals surface area contributed by atoms with Crippen LogP contribution in [-0.2, 0) is 0 Å². The van der Waals surface area contributed by atoms with Crippen molar-refractivity contribution in [1.29, 1.82) is 0 Å². The highest BCUT2D eigenvalue weighted by Crippen LogP contribution is 2.44. The third kappa shape index (κ3) is 6.40. The van der Waals surface area contributed by atoms with Crippen LogP contribution in [0, 0.1) is 0 Å². The van der Waals surface area contributed by atoms with Gasteiger partial charge in [0.1, 0.15) is 0 Å². The second-order valence-electron chi connectivity index (χ2n) is 20.3. The minimum absolute atomic E-state index is 1.10. The van der Waals surface area contributed by atoms with E-state index < -0.39 is 0 Å². The molecule has 17 aromatic rings. The van der Waals surface area contributed by atoms with Crippen LogP contribution < -0.4 is 0 Å². The van der Waals surface area contributed by atoms with Crippen molar-refractivity contribution in [2.45, 2.75) is 0 Å². The molecule has 0 bridgehead atoms. The van der Waals surface area contributed by atoms with E-state index >= 15 is 0 Å². The van der Waals surface area contributed by atoms with Gasteiger partial charge in [-0.25, -0.2) is 0 Å². The number of aromatic nitrogens is 4. The van der Waals surface area contributed by atoms with E-state index in [2.05, 4.69) is 256 Å². The highest BCUT2D eigenvalue weighted by molar-refractivity contribution is 7.26. The van der Waals surface area contributed by atoms with E-state index in [4.69, 9.17) is 4.98 Å². The number of nitrogens with zero attached hydrogens (tertiary/aromatic N) is 4. The summed E-state index contributed by atoms with van der Waals surface area (Å²) in [5.74, 6) is 0. The van der Waals surface area contributed by atoms with Crippen LogP contribution >= 0.6 is 22.7 Å². The topological polar surface area (TPSA) is 27.7 Å². The maximum atomic E-state index is 4.85. The van der Waals surface area contributed by atoms with E-state index in [1.165, 1.54) is 111 Å². The molecular weight excluding hydrogens is 973 g/mol. The summed E-state index contributed by atoms with van der Waals surface area (Å²) < 4.78 is 12.5. The Bertz CT molecular complexity index is 5240. The number of fused-ring (bicyclic) bond motifs is 15.